The molecular formula is C16H18BrNO3. The van der Waals surface area contributed by atoms with Crippen molar-refractivity contribution in [3.05, 3.63) is 58.6 Å². The van der Waals surface area contributed by atoms with Crippen LogP contribution in [0.3, 0.4) is 0 Å². The predicted octanol–water partition coefficient (Wildman–Crippen LogP) is 3.30. The lowest BCUT2D eigenvalue weighted by molar-refractivity contribution is -0.144. The van der Waals surface area contributed by atoms with E-state index in [4.69, 9.17) is 4.74 Å². The number of benzene rings is 1. The van der Waals surface area contributed by atoms with E-state index in [9.17, 15) is 9.59 Å². The molecule has 21 heavy (non-hydrogen) atoms. The molecule has 5 heteroatoms. The highest BCUT2D eigenvalue weighted by Crippen LogP contribution is 2.16. The molecular weight excluding hydrogens is 334 g/mol. The molecule has 0 saturated heterocycles. The van der Waals surface area contributed by atoms with E-state index in [1.165, 1.54) is 6.08 Å². The molecule has 0 aliphatic rings. The number of hydrogen-bond donors (Lipinski definition) is 1. The molecule has 0 radical (unpaired) electrons. The molecule has 1 amide bonds. The van der Waals surface area contributed by atoms with Crippen molar-refractivity contribution in [2.45, 2.75) is 19.9 Å². The van der Waals surface area contributed by atoms with Gasteiger partial charge >= 0.3 is 5.97 Å². The van der Waals surface area contributed by atoms with Gasteiger partial charge in [-0.05, 0) is 31.5 Å². The van der Waals surface area contributed by atoms with Crippen LogP contribution in [0.5, 0.6) is 0 Å². The minimum atomic E-state index is -0.542. The Bertz CT molecular complexity index is 535. The maximum Gasteiger partial charge on any atom is 0.331 e. The molecule has 1 N–H and O–H groups in total. The number of rotatable bonds is 6. The second kappa shape index (κ2) is 9.13. The zero-order chi connectivity index (χ0) is 15.7. The topological polar surface area (TPSA) is 55.4 Å². The first kappa shape index (κ1) is 17.2. The minimum Gasteiger partial charge on any atom is -0.452 e. The number of allylic oxidation sites excluding steroid dienone is 3. The molecule has 0 aliphatic carbocycles. The number of carbonyl (C=O) groups is 2. The first-order valence-corrected chi connectivity index (χ1v) is 7.33. The van der Waals surface area contributed by atoms with Crippen molar-refractivity contribution in [1.82, 2.24) is 5.32 Å². The number of nitrogens with one attached hydrogen (secondary N) is 1. The van der Waals surface area contributed by atoms with E-state index >= 15 is 0 Å². The molecule has 1 atom stereocenters. The average Bonchev–Trinajstić information content (AvgIpc) is 2.46. The summed E-state index contributed by atoms with van der Waals surface area (Å²) in [5, 5.41) is 2.77. The molecule has 0 saturated carbocycles. The molecule has 0 spiro atoms. The summed E-state index contributed by atoms with van der Waals surface area (Å²) < 4.78 is 5.81. The summed E-state index contributed by atoms with van der Waals surface area (Å²) in [6, 6.07) is 7.50. The van der Waals surface area contributed by atoms with Crippen LogP contribution in [0, 0.1) is 0 Å². The van der Waals surface area contributed by atoms with Crippen LogP contribution in [-0.2, 0) is 14.3 Å². The fourth-order valence-corrected chi connectivity index (χ4v) is 1.81. The first-order chi connectivity index (χ1) is 10.0. The van der Waals surface area contributed by atoms with Crippen molar-refractivity contribution in [2.24, 2.45) is 0 Å². The van der Waals surface area contributed by atoms with Gasteiger partial charge in [-0.3, -0.25) is 4.79 Å². The molecule has 0 fully saturated rings. The van der Waals surface area contributed by atoms with Gasteiger partial charge in [0.05, 0.1) is 6.04 Å². The minimum absolute atomic E-state index is 0.150. The SMILES string of the molecule is C/C=C/C=C/C(=O)OCC(=O)NC(C)c1ccc(Br)cc1. The molecule has 112 valence electrons. The summed E-state index contributed by atoms with van der Waals surface area (Å²) in [6.45, 7) is 3.42. The molecule has 0 bridgehead atoms. The van der Waals surface area contributed by atoms with E-state index in [2.05, 4.69) is 21.2 Å². The normalized spacial score (nSPS) is 12.5. The van der Waals surface area contributed by atoms with Crippen LogP contribution in [0.25, 0.3) is 0 Å². The van der Waals surface area contributed by atoms with Gasteiger partial charge in [0, 0.05) is 10.5 Å². The number of amides is 1. The summed E-state index contributed by atoms with van der Waals surface area (Å²) in [5.41, 5.74) is 0.978. The number of hydrogen-bond acceptors (Lipinski definition) is 3. The van der Waals surface area contributed by atoms with Crippen molar-refractivity contribution in [2.75, 3.05) is 6.61 Å². The first-order valence-electron chi connectivity index (χ1n) is 6.54. The Kier molecular flexibility index (Phi) is 7.46. The summed E-state index contributed by atoms with van der Waals surface area (Å²) >= 11 is 3.36. The lowest BCUT2D eigenvalue weighted by Crippen LogP contribution is -2.30. The summed E-state index contributed by atoms with van der Waals surface area (Å²) in [5.74, 6) is -0.877. The Hall–Kier alpha value is -1.88. The van der Waals surface area contributed by atoms with E-state index in [0.29, 0.717) is 0 Å². The Morgan fingerprint density at radius 1 is 1.29 bits per heavy atom. The van der Waals surface area contributed by atoms with E-state index in [-0.39, 0.29) is 18.6 Å². The van der Waals surface area contributed by atoms with Gasteiger partial charge in [-0.15, -0.1) is 0 Å². The molecule has 4 nitrogen and oxygen atoms in total. The highest BCUT2D eigenvalue weighted by molar-refractivity contribution is 9.10. The maximum absolute atomic E-state index is 11.7. The van der Waals surface area contributed by atoms with Crippen molar-refractivity contribution < 1.29 is 14.3 Å². The standard InChI is InChI=1S/C16H18BrNO3/c1-3-4-5-6-16(20)21-11-15(19)18-12(2)13-7-9-14(17)10-8-13/h3-10,12H,11H2,1-2H3,(H,18,19)/b4-3+,6-5+. The smallest absolute Gasteiger partial charge is 0.331 e. The van der Waals surface area contributed by atoms with Gasteiger partial charge in [-0.25, -0.2) is 4.79 Å². The average molecular weight is 352 g/mol. The highest BCUT2D eigenvalue weighted by atomic mass is 79.9. The zero-order valence-corrected chi connectivity index (χ0v) is 13.6. The third-order valence-electron chi connectivity index (χ3n) is 2.63. The van der Waals surface area contributed by atoms with Crippen LogP contribution in [0.15, 0.2) is 53.0 Å². The second-order valence-electron chi connectivity index (χ2n) is 4.33. The Labute approximate surface area is 133 Å². The monoisotopic (exact) mass is 351 g/mol. The van der Waals surface area contributed by atoms with Gasteiger partial charge in [-0.1, -0.05) is 46.3 Å². The van der Waals surface area contributed by atoms with Gasteiger partial charge in [0.2, 0.25) is 0 Å². The van der Waals surface area contributed by atoms with E-state index in [1.54, 1.807) is 18.2 Å². The van der Waals surface area contributed by atoms with Crippen LogP contribution < -0.4 is 5.32 Å². The quantitative estimate of drug-likeness (QED) is 0.486. The van der Waals surface area contributed by atoms with Crippen LogP contribution in [0.2, 0.25) is 0 Å². The lowest BCUT2D eigenvalue weighted by Gasteiger charge is -2.14. The fourth-order valence-electron chi connectivity index (χ4n) is 1.55. The van der Waals surface area contributed by atoms with Crippen molar-refractivity contribution in [3.63, 3.8) is 0 Å². The van der Waals surface area contributed by atoms with Gasteiger partial charge in [0.15, 0.2) is 6.61 Å². The third-order valence-corrected chi connectivity index (χ3v) is 3.16. The van der Waals surface area contributed by atoms with E-state index in [0.717, 1.165) is 10.0 Å². The molecule has 1 aromatic carbocycles. The molecule has 1 rings (SSSR count). The number of esters is 1. The lowest BCUT2D eigenvalue weighted by atomic mass is 10.1. The van der Waals surface area contributed by atoms with Gasteiger partial charge < -0.3 is 10.1 Å². The van der Waals surface area contributed by atoms with Crippen LogP contribution >= 0.6 is 15.9 Å². The summed E-state index contributed by atoms with van der Waals surface area (Å²) in [4.78, 5) is 23.0. The molecule has 0 aromatic heterocycles. The van der Waals surface area contributed by atoms with Crippen LogP contribution in [0.1, 0.15) is 25.5 Å². The van der Waals surface area contributed by atoms with E-state index < -0.39 is 5.97 Å². The summed E-state index contributed by atoms with van der Waals surface area (Å²) in [7, 11) is 0. The van der Waals surface area contributed by atoms with Crippen molar-refractivity contribution in [3.8, 4) is 0 Å². The Morgan fingerprint density at radius 3 is 2.57 bits per heavy atom. The van der Waals surface area contributed by atoms with Gasteiger partial charge in [0.1, 0.15) is 0 Å². The van der Waals surface area contributed by atoms with Gasteiger partial charge in [0.25, 0.3) is 5.91 Å². The maximum atomic E-state index is 11.7. The highest BCUT2D eigenvalue weighted by Gasteiger charge is 2.10. The molecule has 0 aliphatic heterocycles. The van der Waals surface area contributed by atoms with Crippen LogP contribution in [0.4, 0.5) is 0 Å². The molecule has 1 unspecified atom stereocenters. The number of carbonyl (C=O) groups excluding carboxylic acids is 2. The predicted molar refractivity (Wildman–Crippen MR) is 85.6 cm³/mol. The summed E-state index contributed by atoms with van der Waals surface area (Å²) in [6.07, 6.45) is 6.32. The van der Waals surface area contributed by atoms with E-state index in [1.807, 2.05) is 38.1 Å². The number of ether oxygens (including phenoxy) is 1. The Morgan fingerprint density at radius 2 is 1.95 bits per heavy atom. The van der Waals surface area contributed by atoms with Crippen LogP contribution in [-0.4, -0.2) is 18.5 Å². The molecule has 1 aromatic rings. The van der Waals surface area contributed by atoms with Crippen molar-refractivity contribution >= 4 is 27.8 Å². The largest absolute Gasteiger partial charge is 0.452 e. The molecule has 0 heterocycles. The Balaban J connectivity index is 2.39. The fraction of sp³-hybridized carbons (Fsp3) is 0.250. The zero-order valence-electron chi connectivity index (χ0n) is 12.0. The number of halogens is 1. The van der Waals surface area contributed by atoms with Gasteiger partial charge in [-0.2, -0.15) is 0 Å². The van der Waals surface area contributed by atoms with Crippen molar-refractivity contribution in [1.29, 1.82) is 0 Å². The second-order valence-corrected chi connectivity index (χ2v) is 5.25. The third kappa shape index (κ3) is 6.90.